The first-order valence-electron chi connectivity index (χ1n) is 5.83. The van der Waals surface area contributed by atoms with Crippen LogP contribution in [0.4, 0.5) is 5.69 Å². The van der Waals surface area contributed by atoms with Gasteiger partial charge in [0, 0.05) is 14.4 Å². The van der Waals surface area contributed by atoms with Crippen LogP contribution in [-0.4, -0.2) is 0 Å². The molecule has 0 amide bonds. The van der Waals surface area contributed by atoms with Gasteiger partial charge in [-0.2, -0.15) is 0 Å². The summed E-state index contributed by atoms with van der Waals surface area (Å²) in [6.07, 6.45) is 0. The third-order valence-corrected chi connectivity index (χ3v) is 4.64. The highest BCUT2D eigenvalue weighted by Gasteiger charge is 2.17. The van der Waals surface area contributed by atoms with Crippen molar-refractivity contribution in [2.24, 2.45) is 5.92 Å². The van der Waals surface area contributed by atoms with E-state index in [2.05, 4.69) is 52.6 Å². The molecule has 0 bridgehead atoms. The van der Waals surface area contributed by atoms with Gasteiger partial charge in [0.25, 0.3) is 0 Å². The van der Waals surface area contributed by atoms with Gasteiger partial charge in [-0.3, -0.25) is 0 Å². The van der Waals surface area contributed by atoms with Crippen LogP contribution >= 0.6 is 38.9 Å². The van der Waals surface area contributed by atoms with E-state index >= 15 is 0 Å². The predicted molar refractivity (Wildman–Crippen MR) is 84.7 cm³/mol. The summed E-state index contributed by atoms with van der Waals surface area (Å²) in [5.41, 5.74) is 1.04. The second kappa shape index (κ2) is 6.09. The molecule has 1 aromatic carbocycles. The van der Waals surface area contributed by atoms with Crippen molar-refractivity contribution in [3.8, 4) is 0 Å². The molecule has 0 aliphatic carbocycles. The average Bonchev–Trinajstić information content (AvgIpc) is 2.83. The zero-order chi connectivity index (χ0) is 13.1. The molecule has 18 heavy (non-hydrogen) atoms. The van der Waals surface area contributed by atoms with E-state index in [0.717, 1.165) is 15.2 Å². The fourth-order valence-electron chi connectivity index (χ4n) is 1.81. The van der Waals surface area contributed by atoms with Gasteiger partial charge in [-0.15, -0.1) is 11.3 Å². The molecule has 96 valence electrons. The SMILES string of the molecule is CC(C)C(Nc1cc(Cl)ccc1Br)c1cccs1. The molecule has 0 fully saturated rings. The van der Waals surface area contributed by atoms with Gasteiger partial charge in [0.15, 0.2) is 0 Å². The maximum Gasteiger partial charge on any atom is 0.0629 e. The van der Waals surface area contributed by atoms with E-state index in [4.69, 9.17) is 11.6 Å². The third-order valence-electron chi connectivity index (χ3n) is 2.76. The summed E-state index contributed by atoms with van der Waals surface area (Å²) in [7, 11) is 0. The summed E-state index contributed by atoms with van der Waals surface area (Å²) in [6, 6.07) is 10.4. The highest BCUT2D eigenvalue weighted by Crippen LogP contribution is 2.33. The first-order valence-corrected chi connectivity index (χ1v) is 7.88. The van der Waals surface area contributed by atoms with Crippen LogP contribution in [0.25, 0.3) is 0 Å². The molecule has 1 unspecified atom stereocenters. The molecule has 2 aromatic rings. The zero-order valence-electron chi connectivity index (χ0n) is 10.3. The van der Waals surface area contributed by atoms with Gasteiger partial charge in [-0.1, -0.05) is 31.5 Å². The highest BCUT2D eigenvalue weighted by atomic mass is 79.9. The van der Waals surface area contributed by atoms with Crippen molar-refractivity contribution in [2.75, 3.05) is 5.32 Å². The van der Waals surface area contributed by atoms with Gasteiger partial charge < -0.3 is 5.32 Å². The van der Waals surface area contributed by atoms with Gasteiger partial charge in [0.2, 0.25) is 0 Å². The van der Waals surface area contributed by atoms with Gasteiger partial charge in [-0.25, -0.2) is 0 Å². The largest absolute Gasteiger partial charge is 0.376 e. The van der Waals surface area contributed by atoms with Crippen LogP contribution in [0.5, 0.6) is 0 Å². The summed E-state index contributed by atoms with van der Waals surface area (Å²) in [6.45, 7) is 4.44. The lowest BCUT2D eigenvalue weighted by molar-refractivity contribution is 0.553. The highest BCUT2D eigenvalue weighted by molar-refractivity contribution is 9.10. The molecule has 1 atom stereocenters. The van der Waals surface area contributed by atoms with E-state index in [0.29, 0.717) is 12.0 Å². The number of anilines is 1. The molecule has 0 saturated carbocycles. The Hall–Kier alpha value is -0.510. The minimum absolute atomic E-state index is 0.305. The van der Waals surface area contributed by atoms with Crippen molar-refractivity contribution < 1.29 is 0 Å². The number of benzene rings is 1. The van der Waals surface area contributed by atoms with E-state index in [1.165, 1.54) is 4.88 Å². The molecule has 0 aliphatic heterocycles. The molecule has 1 nitrogen and oxygen atoms in total. The van der Waals surface area contributed by atoms with Gasteiger partial charge >= 0.3 is 0 Å². The van der Waals surface area contributed by atoms with Crippen molar-refractivity contribution in [3.05, 3.63) is 50.1 Å². The molecule has 1 heterocycles. The molecule has 1 aromatic heterocycles. The summed E-state index contributed by atoms with van der Waals surface area (Å²) < 4.78 is 1.04. The van der Waals surface area contributed by atoms with E-state index in [9.17, 15) is 0 Å². The normalized spacial score (nSPS) is 12.7. The first-order chi connectivity index (χ1) is 8.58. The van der Waals surface area contributed by atoms with Crippen LogP contribution in [0.1, 0.15) is 24.8 Å². The fraction of sp³-hybridized carbons (Fsp3) is 0.286. The van der Waals surface area contributed by atoms with Gasteiger partial charge in [0.1, 0.15) is 0 Å². The monoisotopic (exact) mass is 343 g/mol. The van der Waals surface area contributed by atoms with E-state index < -0.39 is 0 Å². The van der Waals surface area contributed by atoms with Crippen molar-refractivity contribution >= 4 is 44.6 Å². The van der Waals surface area contributed by atoms with Crippen molar-refractivity contribution in [1.29, 1.82) is 0 Å². The molecule has 0 spiro atoms. The lowest BCUT2D eigenvalue weighted by atomic mass is 10.0. The number of nitrogens with one attached hydrogen (secondary N) is 1. The topological polar surface area (TPSA) is 12.0 Å². The Kier molecular flexibility index (Phi) is 4.71. The number of halogens is 2. The third kappa shape index (κ3) is 3.28. The summed E-state index contributed by atoms with van der Waals surface area (Å²) in [5, 5.41) is 6.42. The molecule has 0 radical (unpaired) electrons. The van der Waals surface area contributed by atoms with E-state index in [-0.39, 0.29) is 0 Å². The van der Waals surface area contributed by atoms with Crippen LogP contribution in [0.3, 0.4) is 0 Å². The smallest absolute Gasteiger partial charge is 0.0629 e. The molecule has 0 saturated heterocycles. The van der Waals surface area contributed by atoms with Crippen LogP contribution in [0, 0.1) is 5.92 Å². The fourth-order valence-corrected chi connectivity index (χ4v) is 3.29. The molecular formula is C14H15BrClNS. The Labute approximate surface area is 125 Å². The Morgan fingerprint density at radius 2 is 2.06 bits per heavy atom. The number of hydrogen-bond acceptors (Lipinski definition) is 2. The van der Waals surface area contributed by atoms with Crippen LogP contribution < -0.4 is 5.32 Å². The maximum atomic E-state index is 6.05. The lowest BCUT2D eigenvalue weighted by Gasteiger charge is -2.23. The van der Waals surface area contributed by atoms with Crippen molar-refractivity contribution in [3.63, 3.8) is 0 Å². The van der Waals surface area contributed by atoms with E-state index in [1.54, 1.807) is 11.3 Å². The maximum absolute atomic E-state index is 6.05. The van der Waals surface area contributed by atoms with Crippen LogP contribution in [-0.2, 0) is 0 Å². The summed E-state index contributed by atoms with van der Waals surface area (Å²) in [4.78, 5) is 1.34. The van der Waals surface area contributed by atoms with Crippen molar-refractivity contribution in [1.82, 2.24) is 0 Å². The van der Waals surface area contributed by atoms with Gasteiger partial charge in [0.05, 0.1) is 11.7 Å². The quantitative estimate of drug-likeness (QED) is 0.720. The Morgan fingerprint density at radius 3 is 2.67 bits per heavy atom. The second-order valence-corrected chi connectivity index (χ2v) is 6.78. The molecule has 1 N–H and O–H groups in total. The Morgan fingerprint density at radius 1 is 1.28 bits per heavy atom. The minimum atomic E-state index is 0.305. The molecular weight excluding hydrogens is 330 g/mol. The van der Waals surface area contributed by atoms with E-state index in [1.807, 2.05) is 18.2 Å². The Balaban J connectivity index is 2.27. The van der Waals surface area contributed by atoms with Crippen LogP contribution in [0.15, 0.2) is 40.2 Å². The van der Waals surface area contributed by atoms with Crippen molar-refractivity contribution in [2.45, 2.75) is 19.9 Å². The number of rotatable bonds is 4. The summed E-state index contributed by atoms with van der Waals surface area (Å²) >= 11 is 11.4. The predicted octanol–water partition coefficient (Wildman–Crippen LogP) is 5.97. The summed E-state index contributed by atoms with van der Waals surface area (Å²) in [5.74, 6) is 0.509. The number of hydrogen-bond donors (Lipinski definition) is 1. The second-order valence-electron chi connectivity index (χ2n) is 4.51. The average molecular weight is 345 g/mol. The zero-order valence-corrected chi connectivity index (χ0v) is 13.4. The van der Waals surface area contributed by atoms with Gasteiger partial charge in [-0.05, 0) is 51.5 Å². The number of thiophene rings is 1. The standard InChI is InChI=1S/C14H15BrClNS/c1-9(2)14(13-4-3-7-18-13)17-12-8-10(16)5-6-11(12)15/h3-9,14,17H,1-2H3. The molecule has 4 heteroatoms. The molecule has 0 aliphatic rings. The Bertz CT molecular complexity index is 511. The van der Waals surface area contributed by atoms with Crippen LogP contribution in [0.2, 0.25) is 5.02 Å². The molecule has 2 rings (SSSR count). The first kappa shape index (κ1) is 13.9. The minimum Gasteiger partial charge on any atom is -0.376 e. The lowest BCUT2D eigenvalue weighted by Crippen LogP contribution is -2.15.